The van der Waals surface area contributed by atoms with Crippen molar-refractivity contribution >= 4 is 46.7 Å². The van der Waals surface area contributed by atoms with Crippen LogP contribution in [0, 0.1) is 0 Å². The second-order valence-corrected chi connectivity index (χ2v) is 7.12. The van der Waals surface area contributed by atoms with E-state index in [4.69, 9.17) is 0 Å². The van der Waals surface area contributed by atoms with E-state index in [1.165, 1.54) is 60.0 Å². The molecule has 3 rings (SSSR count). The summed E-state index contributed by atoms with van der Waals surface area (Å²) < 4.78 is 0. The summed E-state index contributed by atoms with van der Waals surface area (Å²) in [6, 6.07) is 7.20. The minimum atomic E-state index is -0.204. The summed E-state index contributed by atoms with van der Waals surface area (Å²) in [5.74, 6) is -0.794. The molecule has 0 N–H and O–H groups in total. The first kappa shape index (κ1) is 16.4. The largest absolute Gasteiger partial charge is 0.290 e. The van der Waals surface area contributed by atoms with Crippen LogP contribution in [0.1, 0.15) is 0 Å². The third-order valence-corrected chi connectivity index (χ3v) is 5.20. The lowest BCUT2D eigenvalue weighted by molar-refractivity contribution is -0.114. The van der Waals surface area contributed by atoms with Crippen LogP contribution in [0.4, 0.5) is 0 Å². The summed E-state index contributed by atoms with van der Waals surface area (Å²) >= 11 is 2.43. The van der Waals surface area contributed by atoms with Gasteiger partial charge in [0.2, 0.25) is 0 Å². The van der Waals surface area contributed by atoms with Crippen molar-refractivity contribution in [3.05, 3.63) is 70.5 Å². The molecule has 0 radical (unpaired) electrons. The van der Waals surface area contributed by atoms with Gasteiger partial charge in [-0.15, -0.1) is 0 Å². The van der Waals surface area contributed by atoms with Gasteiger partial charge in [0.25, 0.3) is 0 Å². The smallest absolute Gasteiger partial charge is 0.192 e. The SMILES string of the molecule is O=C1C=CC(=O)C(Sc2ccc(SC3=CC(=O)C=CC3=O)cc2)=C1. The molecule has 0 heterocycles. The van der Waals surface area contributed by atoms with Crippen molar-refractivity contribution in [2.24, 2.45) is 0 Å². The van der Waals surface area contributed by atoms with E-state index in [0.717, 1.165) is 9.79 Å². The van der Waals surface area contributed by atoms with Crippen LogP contribution in [0.5, 0.6) is 0 Å². The van der Waals surface area contributed by atoms with Gasteiger partial charge in [-0.05, 0) is 48.6 Å². The van der Waals surface area contributed by atoms with Crippen molar-refractivity contribution in [3.8, 4) is 0 Å². The van der Waals surface area contributed by atoms with Crippen molar-refractivity contribution in [1.82, 2.24) is 0 Å². The zero-order valence-electron chi connectivity index (χ0n) is 12.2. The van der Waals surface area contributed by atoms with E-state index in [-0.39, 0.29) is 23.1 Å². The fourth-order valence-corrected chi connectivity index (χ4v) is 3.71. The summed E-state index contributed by atoms with van der Waals surface area (Å²) in [4.78, 5) is 48.5. The summed E-state index contributed by atoms with van der Waals surface area (Å²) in [5, 5.41) is 0. The molecule has 118 valence electrons. The maximum absolute atomic E-state index is 11.7. The van der Waals surface area contributed by atoms with Crippen LogP contribution in [-0.2, 0) is 19.2 Å². The molecule has 0 aliphatic heterocycles. The van der Waals surface area contributed by atoms with Gasteiger partial charge in [0.15, 0.2) is 23.1 Å². The Kier molecular flexibility index (Phi) is 4.78. The summed E-state index contributed by atoms with van der Waals surface area (Å²) in [6.07, 6.45) is 7.66. The predicted molar refractivity (Wildman–Crippen MR) is 92.6 cm³/mol. The number of carbonyl (C=O) groups excluding carboxylic acids is 4. The molecule has 2 aliphatic rings. The van der Waals surface area contributed by atoms with Crippen molar-refractivity contribution in [3.63, 3.8) is 0 Å². The molecule has 4 nitrogen and oxygen atoms in total. The Bertz CT molecular complexity index is 798. The number of rotatable bonds is 4. The van der Waals surface area contributed by atoms with Gasteiger partial charge >= 0.3 is 0 Å². The summed E-state index contributed by atoms with van der Waals surface area (Å²) in [5.41, 5.74) is 0. The Hall–Kier alpha value is -2.44. The molecule has 0 spiro atoms. The maximum Gasteiger partial charge on any atom is 0.192 e. The number of thioether (sulfide) groups is 2. The van der Waals surface area contributed by atoms with E-state index in [2.05, 4.69) is 0 Å². The normalized spacial score (nSPS) is 17.2. The first-order chi connectivity index (χ1) is 11.5. The molecule has 0 atom stereocenters. The number of benzene rings is 1. The quantitative estimate of drug-likeness (QED) is 0.774. The summed E-state index contributed by atoms with van der Waals surface area (Å²) in [7, 11) is 0. The maximum atomic E-state index is 11.7. The second kappa shape index (κ2) is 6.98. The first-order valence-corrected chi connectivity index (χ1v) is 8.56. The van der Waals surface area contributed by atoms with Gasteiger partial charge in [0.1, 0.15) is 0 Å². The monoisotopic (exact) mass is 354 g/mol. The van der Waals surface area contributed by atoms with E-state index >= 15 is 0 Å². The van der Waals surface area contributed by atoms with Crippen molar-refractivity contribution in [2.75, 3.05) is 0 Å². The second-order valence-electron chi connectivity index (χ2n) is 4.89. The van der Waals surface area contributed by atoms with Crippen LogP contribution in [-0.4, -0.2) is 23.1 Å². The Balaban J connectivity index is 1.70. The highest BCUT2D eigenvalue weighted by Gasteiger charge is 2.16. The molecule has 0 saturated carbocycles. The third kappa shape index (κ3) is 3.90. The van der Waals surface area contributed by atoms with E-state index in [9.17, 15) is 19.2 Å². The number of carbonyl (C=O) groups is 4. The van der Waals surface area contributed by atoms with Gasteiger partial charge in [-0.25, -0.2) is 0 Å². The van der Waals surface area contributed by atoms with E-state index in [0.29, 0.717) is 9.81 Å². The molecule has 2 aliphatic carbocycles. The molecule has 0 aromatic heterocycles. The Morgan fingerprint density at radius 3 is 1.29 bits per heavy atom. The Labute approximate surface area is 146 Å². The zero-order valence-corrected chi connectivity index (χ0v) is 13.9. The highest BCUT2D eigenvalue weighted by molar-refractivity contribution is 8.04. The molecule has 1 aromatic carbocycles. The van der Waals surface area contributed by atoms with Crippen LogP contribution in [0.3, 0.4) is 0 Å². The van der Waals surface area contributed by atoms with Crippen LogP contribution in [0.2, 0.25) is 0 Å². The number of ketones is 4. The molecule has 0 bridgehead atoms. The highest BCUT2D eigenvalue weighted by atomic mass is 32.2. The predicted octanol–water partition coefficient (Wildman–Crippen LogP) is 3.05. The van der Waals surface area contributed by atoms with Crippen LogP contribution in [0.15, 0.2) is 80.3 Å². The van der Waals surface area contributed by atoms with Gasteiger partial charge in [-0.1, -0.05) is 23.5 Å². The van der Waals surface area contributed by atoms with Crippen LogP contribution < -0.4 is 0 Å². The lowest BCUT2D eigenvalue weighted by Gasteiger charge is -2.08. The molecule has 0 fully saturated rings. The van der Waals surface area contributed by atoms with E-state index in [1.807, 2.05) is 0 Å². The van der Waals surface area contributed by atoms with Gasteiger partial charge in [0, 0.05) is 21.9 Å². The number of hydrogen-bond acceptors (Lipinski definition) is 6. The van der Waals surface area contributed by atoms with E-state index in [1.54, 1.807) is 24.3 Å². The van der Waals surface area contributed by atoms with Gasteiger partial charge in [0.05, 0.1) is 9.81 Å². The molecule has 0 saturated heterocycles. The first-order valence-electron chi connectivity index (χ1n) is 6.93. The average Bonchev–Trinajstić information content (AvgIpc) is 2.56. The molecule has 0 amide bonds. The van der Waals surface area contributed by atoms with Gasteiger partial charge < -0.3 is 0 Å². The Morgan fingerprint density at radius 1 is 0.542 bits per heavy atom. The van der Waals surface area contributed by atoms with Gasteiger partial charge in [-0.2, -0.15) is 0 Å². The van der Waals surface area contributed by atoms with Gasteiger partial charge in [-0.3, -0.25) is 19.2 Å². The minimum absolute atomic E-state index is 0.193. The molecule has 0 unspecified atom stereocenters. The number of allylic oxidation sites excluding steroid dienone is 8. The van der Waals surface area contributed by atoms with Crippen LogP contribution >= 0.6 is 23.5 Å². The topological polar surface area (TPSA) is 68.3 Å². The third-order valence-electron chi connectivity index (χ3n) is 3.11. The molecule has 24 heavy (non-hydrogen) atoms. The Morgan fingerprint density at radius 2 is 0.917 bits per heavy atom. The van der Waals surface area contributed by atoms with Crippen LogP contribution in [0.25, 0.3) is 0 Å². The lowest BCUT2D eigenvalue weighted by atomic mass is 10.2. The number of hydrogen-bond donors (Lipinski definition) is 0. The molecule has 6 heteroatoms. The minimum Gasteiger partial charge on any atom is -0.290 e. The van der Waals surface area contributed by atoms with Crippen molar-refractivity contribution in [2.45, 2.75) is 9.79 Å². The van der Waals surface area contributed by atoms with Crippen molar-refractivity contribution < 1.29 is 19.2 Å². The fraction of sp³-hybridized carbons (Fsp3) is 0. The fourth-order valence-electron chi connectivity index (χ4n) is 1.97. The molecular formula is C18H10O4S2. The average molecular weight is 354 g/mol. The summed E-state index contributed by atoms with van der Waals surface area (Å²) in [6.45, 7) is 0. The van der Waals surface area contributed by atoms with Crippen molar-refractivity contribution in [1.29, 1.82) is 0 Å². The molecular weight excluding hydrogens is 344 g/mol. The molecule has 1 aromatic rings. The standard InChI is InChI=1S/C18H10O4S2/c19-11-1-7-15(21)17(9-11)23-13-3-5-14(6-4-13)24-18-10-12(20)2-8-16(18)22/h1-10H. The highest BCUT2D eigenvalue weighted by Crippen LogP contribution is 2.33. The lowest BCUT2D eigenvalue weighted by Crippen LogP contribution is -2.05. The zero-order chi connectivity index (χ0) is 17.1. The van der Waals surface area contributed by atoms with E-state index < -0.39 is 0 Å².